The van der Waals surface area contributed by atoms with Crippen molar-refractivity contribution < 1.29 is 9.84 Å². The van der Waals surface area contributed by atoms with Crippen molar-refractivity contribution in [2.75, 3.05) is 19.7 Å². The molecule has 2 rings (SSSR count). The summed E-state index contributed by atoms with van der Waals surface area (Å²) in [5.74, 6) is 1.57. The monoisotopic (exact) mass is 359 g/mol. The van der Waals surface area contributed by atoms with Crippen molar-refractivity contribution in [2.24, 2.45) is 5.92 Å². The van der Waals surface area contributed by atoms with Gasteiger partial charge < -0.3 is 15.2 Å². The molecule has 1 aliphatic rings. The molecule has 146 valence electrons. The van der Waals surface area contributed by atoms with Crippen LogP contribution in [0.4, 0.5) is 0 Å². The summed E-state index contributed by atoms with van der Waals surface area (Å²) < 4.78 is 5.76. The fourth-order valence-electron chi connectivity index (χ4n) is 4.10. The Bertz CT molecular complexity index is 554. The molecule has 0 aliphatic heterocycles. The van der Waals surface area contributed by atoms with Crippen LogP contribution in [0.2, 0.25) is 0 Å². The molecule has 0 radical (unpaired) electrons. The number of allylic oxidation sites excluding steroid dienone is 1. The Morgan fingerprint density at radius 2 is 2.04 bits per heavy atom. The molecular formula is C23H37NO2. The summed E-state index contributed by atoms with van der Waals surface area (Å²) in [6.45, 7) is 12.9. The minimum Gasteiger partial charge on any atom is -0.491 e. The molecule has 1 aromatic rings. The van der Waals surface area contributed by atoms with Gasteiger partial charge in [0, 0.05) is 6.54 Å². The molecule has 0 bridgehead atoms. The summed E-state index contributed by atoms with van der Waals surface area (Å²) in [5, 5.41) is 13.3. The molecule has 1 fully saturated rings. The molecule has 1 aromatic carbocycles. The minimum atomic E-state index is -0.476. The number of hydrogen-bond donors (Lipinski definition) is 2. The third-order valence-electron chi connectivity index (χ3n) is 5.61. The van der Waals surface area contributed by atoms with E-state index in [1.165, 1.54) is 30.4 Å². The number of hydrogen-bond acceptors (Lipinski definition) is 3. The predicted octanol–water partition coefficient (Wildman–Crippen LogP) is 4.84. The molecule has 0 spiro atoms. The smallest absolute Gasteiger partial charge is 0.119 e. The average Bonchev–Trinajstić information content (AvgIpc) is 2.63. The Balaban J connectivity index is 1.86. The molecule has 0 saturated heterocycles. The first-order chi connectivity index (χ1) is 12.5. The zero-order valence-corrected chi connectivity index (χ0v) is 16.9. The SMILES string of the molecule is C=C1CC(CC)CC(C)(c2ccc(OCC(O)CNCCCC)cc2)C1. The zero-order valence-electron chi connectivity index (χ0n) is 16.9. The second kappa shape index (κ2) is 10.1. The average molecular weight is 360 g/mol. The topological polar surface area (TPSA) is 41.5 Å². The van der Waals surface area contributed by atoms with Gasteiger partial charge in [-0.1, -0.05) is 57.9 Å². The number of unbranched alkanes of at least 4 members (excludes halogenated alkanes) is 1. The first-order valence-corrected chi connectivity index (χ1v) is 10.3. The summed E-state index contributed by atoms with van der Waals surface area (Å²) in [5.41, 5.74) is 2.92. The molecule has 1 aliphatic carbocycles. The highest BCUT2D eigenvalue weighted by Crippen LogP contribution is 2.44. The van der Waals surface area contributed by atoms with E-state index in [9.17, 15) is 5.11 Å². The predicted molar refractivity (Wildman–Crippen MR) is 110 cm³/mol. The van der Waals surface area contributed by atoms with Crippen LogP contribution in [-0.4, -0.2) is 30.9 Å². The Labute approximate surface area is 159 Å². The van der Waals surface area contributed by atoms with E-state index in [-0.39, 0.29) is 5.41 Å². The highest BCUT2D eigenvalue weighted by molar-refractivity contribution is 5.34. The van der Waals surface area contributed by atoms with Crippen LogP contribution < -0.4 is 10.1 Å². The van der Waals surface area contributed by atoms with Crippen LogP contribution in [0, 0.1) is 5.92 Å². The number of rotatable bonds is 10. The van der Waals surface area contributed by atoms with Crippen molar-refractivity contribution in [1.82, 2.24) is 5.32 Å². The van der Waals surface area contributed by atoms with Gasteiger partial charge in [-0.2, -0.15) is 0 Å². The van der Waals surface area contributed by atoms with Crippen molar-refractivity contribution in [1.29, 1.82) is 0 Å². The van der Waals surface area contributed by atoms with Crippen molar-refractivity contribution in [2.45, 2.75) is 70.8 Å². The maximum absolute atomic E-state index is 10.00. The summed E-state index contributed by atoms with van der Waals surface area (Å²) in [6.07, 6.45) is 6.53. The first kappa shape index (κ1) is 21.0. The fraction of sp³-hybridized carbons (Fsp3) is 0.652. The Morgan fingerprint density at radius 1 is 1.31 bits per heavy atom. The standard InChI is InChI=1S/C23H37NO2/c1-5-7-12-24-16-21(25)17-26-22-10-8-20(9-11-22)23(4)14-18(3)13-19(6-2)15-23/h8-11,19,21,24-25H,3,5-7,12-17H2,1-2,4H3. The van der Waals surface area contributed by atoms with E-state index in [1.807, 2.05) is 12.1 Å². The molecule has 0 amide bonds. The summed E-state index contributed by atoms with van der Waals surface area (Å²) in [6, 6.07) is 8.45. The summed E-state index contributed by atoms with van der Waals surface area (Å²) in [7, 11) is 0. The Kier molecular flexibility index (Phi) is 8.17. The van der Waals surface area contributed by atoms with E-state index >= 15 is 0 Å². The quantitative estimate of drug-likeness (QED) is 0.464. The molecule has 3 nitrogen and oxygen atoms in total. The van der Waals surface area contributed by atoms with Crippen LogP contribution in [0.15, 0.2) is 36.4 Å². The minimum absolute atomic E-state index is 0.178. The van der Waals surface area contributed by atoms with Crippen LogP contribution in [0.3, 0.4) is 0 Å². The second-order valence-electron chi connectivity index (χ2n) is 8.22. The third kappa shape index (κ3) is 6.14. The number of aliphatic hydroxyl groups excluding tert-OH is 1. The van der Waals surface area contributed by atoms with Crippen LogP contribution in [0.25, 0.3) is 0 Å². The maximum atomic E-state index is 10.00. The lowest BCUT2D eigenvalue weighted by molar-refractivity contribution is 0.106. The molecule has 3 heteroatoms. The number of ether oxygens (including phenoxy) is 1. The molecular weight excluding hydrogens is 322 g/mol. The van der Waals surface area contributed by atoms with E-state index in [0.717, 1.165) is 37.5 Å². The molecule has 3 unspecified atom stereocenters. The van der Waals surface area contributed by atoms with Gasteiger partial charge in [-0.05, 0) is 61.3 Å². The van der Waals surface area contributed by atoms with Gasteiger partial charge in [-0.15, -0.1) is 0 Å². The zero-order chi connectivity index (χ0) is 19.0. The van der Waals surface area contributed by atoms with Crippen molar-refractivity contribution in [3.05, 3.63) is 42.0 Å². The van der Waals surface area contributed by atoms with Crippen LogP contribution in [0.5, 0.6) is 5.75 Å². The third-order valence-corrected chi connectivity index (χ3v) is 5.61. The van der Waals surface area contributed by atoms with E-state index in [4.69, 9.17) is 4.74 Å². The molecule has 26 heavy (non-hydrogen) atoms. The van der Waals surface area contributed by atoms with E-state index < -0.39 is 6.10 Å². The van der Waals surface area contributed by atoms with E-state index in [2.05, 4.69) is 44.8 Å². The van der Waals surface area contributed by atoms with E-state index in [0.29, 0.717) is 13.2 Å². The van der Waals surface area contributed by atoms with Gasteiger partial charge >= 0.3 is 0 Å². The summed E-state index contributed by atoms with van der Waals surface area (Å²) in [4.78, 5) is 0. The van der Waals surface area contributed by atoms with Crippen LogP contribution in [-0.2, 0) is 5.41 Å². The lowest BCUT2D eigenvalue weighted by Crippen LogP contribution is -2.32. The normalized spacial score (nSPS) is 24.5. The van der Waals surface area contributed by atoms with Crippen molar-refractivity contribution in [3.8, 4) is 5.75 Å². The number of nitrogens with one attached hydrogen (secondary N) is 1. The maximum Gasteiger partial charge on any atom is 0.119 e. The summed E-state index contributed by atoms with van der Waals surface area (Å²) >= 11 is 0. The van der Waals surface area contributed by atoms with Gasteiger partial charge in [0.05, 0.1) is 0 Å². The molecule has 0 heterocycles. The van der Waals surface area contributed by atoms with E-state index in [1.54, 1.807) is 0 Å². The van der Waals surface area contributed by atoms with Crippen LogP contribution >= 0.6 is 0 Å². The lowest BCUT2D eigenvalue weighted by Gasteiger charge is -2.39. The van der Waals surface area contributed by atoms with Gasteiger partial charge in [-0.25, -0.2) is 0 Å². The highest BCUT2D eigenvalue weighted by Gasteiger charge is 2.34. The molecule has 1 saturated carbocycles. The molecule has 2 N–H and O–H groups in total. The lowest BCUT2D eigenvalue weighted by atomic mass is 9.65. The Hall–Kier alpha value is -1.32. The van der Waals surface area contributed by atoms with Gasteiger partial charge in [-0.3, -0.25) is 0 Å². The Morgan fingerprint density at radius 3 is 2.69 bits per heavy atom. The van der Waals surface area contributed by atoms with Gasteiger partial charge in [0.1, 0.15) is 18.5 Å². The largest absolute Gasteiger partial charge is 0.491 e. The fourth-order valence-corrected chi connectivity index (χ4v) is 4.10. The van der Waals surface area contributed by atoms with Gasteiger partial charge in [0.15, 0.2) is 0 Å². The highest BCUT2D eigenvalue weighted by atomic mass is 16.5. The van der Waals surface area contributed by atoms with Crippen molar-refractivity contribution in [3.63, 3.8) is 0 Å². The molecule has 0 aromatic heterocycles. The second-order valence-corrected chi connectivity index (χ2v) is 8.22. The van der Waals surface area contributed by atoms with Gasteiger partial charge in [0.2, 0.25) is 0 Å². The van der Waals surface area contributed by atoms with Crippen molar-refractivity contribution >= 4 is 0 Å². The van der Waals surface area contributed by atoms with Crippen LogP contribution in [0.1, 0.15) is 64.9 Å². The van der Waals surface area contributed by atoms with Gasteiger partial charge in [0.25, 0.3) is 0 Å². The first-order valence-electron chi connectivity index (χ1n) is 10.3. The number of aliphatic hydroxyl groups is 1. The molecule has 3 atom stereocenters. The number of benzene rings is 1.